The zero-order valence-electron chi connectivity index (χ0n) is 19.5. The van der Waals surface area contributed by atoms with Gasteiger partial charge in [0.15, 0.2) is 5.82 Å². The number of imidazole rings is 1. The average Bonchev–Trinajstić information content (AvgIpc) is 3.16. The maximum absolute atomic E-state index is 12.0. The number of fused-ring (bicyclic) bond motifs is 3. The third kappa shape index (κ3) is 4.64. The molecule has 33 heavy (non-hydrogen) atoms. The Kier molecular flexibility index (Phi) is 6.51. The summed E-state index contributed by atoms with van der Waals surface area (Å²) in [5.41, 5.74) is 11.5. The molecule has 7 nitrogen and oxygen atoms in total. The van der Waals surface area contributed by atoms with E-state index in [1.54, 1.807) is 12.1 Å². The highest BCUT2D eigenvalue weighted by molar-refractivity contribution is 6.08. The predicted molar refractivity (Wildman–Crippen MR) is 132 cm³/mol. The molecular formula is C26H30N5O2+. The van der Waals surface area contributed by atoms with E-state index in [-0.39, 0.29) is 0 Å². The van der Waals surface area contributed by atoms with E-state index in [2.05, 4.69) is 59.7 Å². The topological polar surface area (TPSA) is 86.3 Å². The standard InChI is InChI=1S/C26H30N5O2/c1-5-6-7-22-29-23-24(31(22)16-18-10-8-17(9-11-18)15-30(2)3)20-13-12-19(26(32)33-4)14-21(20)28-25(23)27/h8-14H,1,5-7,15-16H2,2-4H3,(H2,27,28)/q+1. The summed E-state index contributed by atoms with van der Waals surface area (Å²) in [5.74, 6) is 0.916. The Morgan fingerprint density at radius 1 is 1.12 bits per heavy atom. The molecule has 0 bridgehead atoms. The summed E-state index contributed by atoms with van der Waals surface area (Å²) in [5, 5.41) is 0.907. The van der Waals surface area contributed by atoms with Crippen LogP contribution in [0.3, 0.4) is 0 Å². The van der Waals surface area contributed by atoms with Crippen molar-refractivity contribution in [2.45, 2.75) is 32.4 Å². The van der Waals surface area contributed by atoms with Crippen LogP contribution in [0.15, 0.2) is 42.5 Å². The first-order chi connectivity index (χ1) is 15.9. The van der Waals surface area contributed by atoms with E-state index in [0.717, 1.165) is 42.5 Å². The molecule has 0 radical (unpaired) electrons. The molecule has 4 aromatic rings. The van der Waals surface area contributed by atoms with Gasteiger partial charge in [0.25, 0.3) is 0 Å². The number of hydrogen-bond acceptors (Lipinski definition) is 6. The second-order valence-electron chi connectivity index (χ2n) is 8.54. The second-order valence-corrected chi connectivity index (χ2v) is 8.54. The number of aryl methyl sites for hydroxylation is 1. The molecule has 0 aliphatic rings. The fourth-order valence-electron chi connectivity index (χ4n) is 4.14. The van der Waals surface area contributed by atoms with Gasteiger partial charge in [-0.15, -0.1) is 0 Å². The summed E-state index contributed by atoms with van der Waals surface area (Å²) >= 11 is 0. The van der Waals surface area contributed by atoms with Gasteiger partial charge in [-0.05, 0) is 49.8 Å². The van der Waals surface area contributed by atoms with Crippen molar-refractivity contribution in [1.29, 1.82) is 0 Å². The first kappa shape index (κ1) is 22.6. The molecule has 0 saturated heterocycles. The summed E-state index contributed by atoms with van der Waals surface area (Å²) in [6.07, 6.45) is 2.57. The van der Waals surface area contributed by atoms with E-state index >= 15 is 0 Å². The minimum atomic E-state index is -0.403. The number of nitrogens with two attached hydrogens (primary N) is 1. The minimum absolute atomic E-state index is 0.357. The normalized spacial score (nSPS) is 11.5. The van der Waals surface area contributed by atoms with Crippen molar-refractivity contribution in [3.05, 3.63) is 71.9 Å². The number of nitrogen functional groups attached to an aromatic ring is 1. The van der Waals surface area contributed by atoms with Crippen molar-refractivity contribution in [3.63, 3.8) is 0 Å². The second kappa shape index (κ2) is 9.50. The number of pyridine rings is 1. The van der Waals surface area contributed by atoms with E-state index < -0.39 is 5.97 Å². The Morgan fingerprint density at radius 2 is 1.85 bits per heavy atom. The van der Waals surface area contributed by atoms with Crippen LogP contribution in [0.1, 0.15) is 40.2 Å². The van der Waals surface area contributed by atoms with E-state index in [4.69, 9.17) is 15.5 Å². The van der Waals surface area contributed by atoms with Gasteiger partial charge in [-0.25, -0.2) is 14.8 Å². The summed E-state index contributed by atoms with van der Waals surface area (Å²) in [7, 11) is 5.50. The number of unbranched alkanes of at least 4 members (excludes halogenated alkanes) is 1. The molecule has 0 saturated carbocycles. The molecule has 2 aromatic heterocycles. The van der Waals surface area contributed by atoms with Gasteiger partial charge in [0.05, 0.1) is 37.1 Å². The van der Waals surface area contributed by atoms with Crippen molar-refractivity contribution in [1.82, 2.24) is 19.4 Å². The summed E-state index contributed by atoms with van der Waals surface area (Å²) < 4.78 is 7.09. The average molecular weight is 445 g/mol. The van der Waals surface area contributed by atoms with Crippen LogP contribution in [-0.4, -0.2) is 46.6 Å². The Hall–Kier alpha value is -3.58. The molecule has 0 aliphatic carbocycles. The van der Waals surface area contributed by atoms with Crippen LogP contribution in [0.25, 0.3) is 21.9 Å². The smallest absolute Gasteiger partial charge is 0.337 e. The van der Waals surface area contributed by atoms with Crippen LogP contribution in [0, 0.1) is 6.92 Å². The lowest BCUT2D eigenvalue weighted by molar-refractivity contribution is 0.0601. The van der Waals surface area contributed by atoms with Crippen molar-refractivity contribution in [2.75, 3.05) is 26.9 Å². The first-order valence-electron chi connectivity index (χ1n) is 11.1. The van der Waals surface area contributed by atoms with Crippen LogP contribution in [0.2, 0.25) is 0 Å². The molecule has 0 spiro atoms. The fourth-order valence-corrected chi connectivity index (χ4v) is 4.14. The number of esters is 1. The number of benzene rings is 2. The molecule has 2 heterocycles. The number of aromatic nitrogens is 3. The predicted octanol–water partition coefficient (Wildman–Crippen LogP) is 4.22. The van der Waals surface area contributed by atoms with Crippen molar-refractivity contribution in [2.24, 2.45) is 0 Å². The lowest BCUT2D eigenvalue weighted by Gasteiger charge is -2.13. The van der Waals surface area contributed by atoms with Crippen molar-refractivity contribution < 1.29 is 9.53 Å². The Bertz CT molecular complexity index is 1290. The van der Waals surface area contributed by atoms with Crippen molar-refractivity contribution in [3.8, 4) is 0 Å². The molecule has 170 valence electrons. The fraction of sp³-hybridized carbons (Fsp3) is 0.308. The van der Waals surface area contributed by atoms with Gasteiger partial charge in [0, 0.05) is 24.9 Å². The quantitative estimate of drug-likeness (QED) is 0.323. The van der Waals surface area contributed by atoms with E-state index in [9.17, 15) is 4.79 Å². The molecule has 0 fully saturated rings. The van der Waals surface area contributed by atoms with Gasteiger partial charge >= 0.3 is 5.97 Å². The highest BCUT2D eigenvalue weighted by Crippen LogP contribution is 2.31. The van der Waals surface area contributed by atoms with Gasteiger partial charge < -0.3 is 19.9 Å². The third-order valence-corrected chi connectivity index (χ3v) is 5.72. The molecule has 2 aromatic carbocycles. The Balaban J connectivity index is 1.85. The first-order valence-corrected chi connectivity index (χ1v) is 11.1. The van der Waals surface area contributed by atoms with E-state index in [1.807, 2.05) is 6.07 Å². The Labute approximate surface area is 194 Å². The van der Waals surface area contributed by atoms with E-state index in [0.29, 0.717) is 29.0 Å². The SMILES string of the molecule is [CH2+]CCCc1nc2c(N)nc3cc(C(=O)OC)ccc3c2n1Cc1ccc(CN(C)C)cc1. The highest BCUT2D eigenvalue weighted by atomic mass is 16.5. The number of carbonyl (C=O) groups is 1. The van der Waals surface area contributed by atoms with Crippen molar-refractivity contribution >= 4 is 33.7 Å². The molecule has 2 N–H and O–H groups in total. The Morgan fingerprint density at radius 3 is 2.52 bits per heavy atom. The number of anilines is 1. The largest absolute Gasteiger partial charge is 0.465 e. The van der Waals surface area contributed by atoms with Crippen LogP contribution in [0.5, 0.6) is 0 Å². The molecule has 0 amide bonds. The molecule has 7 heteroatoms. The van der Waals surface area contributed by atoms with Crippen LogP contribution < -0.4 is 5.73 Å². The van der Waals surface area contributed by atoms with Crippen LogP contribution in [-0.2, 0) is 24.2 Å². The maximum Gasteiger partial charge on any atom is 0.337 e. The van der Waals surface area contributed by atoms with Gasteiger partial charge in [-0.1, -0.05) is 24.3 Å². The molecule has 0 unspecified atom stereocenters. The number of hydrogen-bond donors (Lipinski definition) is 1. The highest BCUT2D eigenvalue weighted by Gasteiger charge is 2.19. The molecular weight excluding hydrogens is 414 g/mol. The summed E-state index contributed by atoms with van der Waals surface area (Å²) in [6.45, 7) is 5.55. The number of rotatable bonds is 8. The van der Waals surface area contributed by atoms with Gasteiger partial charge in [0.2, 0.25) is 0 Å². The van der Waals surface area contributed by atoms with Crippen LogP contribution >= 0.6 is 0 Å². The summed E-state index contributed by atoms with van der Waals surface area (Å²) in [6, 6.07) is 14.0. The lowest BCUT2D eigenvalue weighted by Crippen LogP contribution is -2.11. The van der Waals surface area contributed by atoms with Gasteiger partial charge in [-0.2, -0.15) is 0 Å². The van der Waals surface area contributed by atoms with Crippen LogP contribution in [0.4, 0.5) is 5.82 Å². The number of ether oxygens (including phenoxy) is 1. The summed E-state index contributed by atoms with van der Waals surface area (Å²) in [4.78, 5) is 23.6. The zero-order chi connectivity index (χ0) is 23.5. The molecule has 4 rings (SSSR count). The maximum atomic E-state index is 12.0. The zero-order valence-corrected chi connectivity index (χ0v) is 19.5. The van der Waals surface area contributed by atoms with E-state index in [1.165, 1.54) is 18.2 Å². The monoisotopic (exact) mass is 444 g/mol. The number of methoxy groups -OCH3 is 1. The number of carbonyl (C=O) groups excluding carboxylic acids is 1. The van der Waals surface area contributed by atoms with Gasteiger partial charge in [0.1, 0.15) is 11.3 Å². The minimum Gasteiger partial charge on any atom is -0.465 e. The lowest BCUT2D eigenvalue weighted by atomic mass is 10.1. The molecule has 0 atom stereocenters. The number of nitrogens with zero attached hydrogens (tertiary/aromatic N) is 4. The third-order valence-electron chi connectivity index (χ3n) is 5.72. The van der Waals surface area contributed by atoms with Gasteiger partial charge in [-0.3, -0.25) is 0 Å². The molecule has 0 aliphatic heterocycles.